The van der Waals surface area contributed by atoms with Crippen LogP contribution < -0.4 is 4.90 Å². The molecular formula is C21H30N4O2. The van der Waals surface area contributed by atoms with Crippen LogP contribution in [0.15, 0.2) is 24.4 Å². The van der Waals surface area contributed by atoms with Gasteiger partial charge in [0.1, 0.15) is 5.69 Å². The lowest BCUT2D eigenvalue weighted by atomic mass is 9.97. The number of aliphatic hydroxyl groups excluding tert-OH is 1. The quantitative estimate of drug-likeness (QED) is 0.876. The summed E-state index contributed by atoms with van der Waals surface area (Å²) in [7, 11) is 0. The number of aryl methyl sites for hydroxylation is 1. The van der Waals surface area contributed by atoms with Crippen LogP contribution in [0.3, 0.4) is 0 Å². The predicted octanol–water partition coefficient (Wildman–Crippen LogP) is 3.03. The summed E-state index contributed by atoms with van der Waals surface area (Å²) in [6.07, 6.45) is 7.94. The number of piperidine rings is 1. The van der Waals surface area contributed by atoms with E-state index in [0.717, 1.165) is 56.8 Å². The fourth-order valence-corrected chi connectivity index (χ4v) is 4.18. The second kappa shape index (κ2) is 8.40. The van der Waals surface area contributed by atoms with Crippen LogP contribution in [0.25, 0.3) is 11.3 Å². The van der Waals surface area contributed by atoms with Crippen molar-refractivity contribution in [3.8, 4) is 11.3 Å². The third-order valence-electron chi connectivity index (χ3n) is 5.93. The first-order chi connectivity index (χ1) is 13.2. The molecular weight excluding hydrogens is 340 g/mol. The van der Waals surface area contributed by atoms with Crippen LogP contribution >= 0.6 is 0 Å². The molecule has 2 aliphatic rings. The molecule has 2 aliphatic heterocycles. The van der Waals surface area contributed by atoms with Gasteiger partial charge in [0.15, 0.2) is 0 Å². The molecule has 0 radical (unpaired) electrons. The summed E-state index contributed by atoms with van der Waals surface area (Å²) in [5.74, 6) is 0.463. The third kappa shape index (κ3) is 4.33. The van der Waals surface area contributed by atoms with Crippen molar-refractivity contribution in [2.45, 2.75) is 51.7 Å². The summed E-state index contributed by atoms with van der Waals surface area (Å²) in [6, 6.07) is 6.59. The van der Waals surface area contributed by atoms with Crippen LogP contribution in [0, 0.1) is 12.8 Å². The molecule has 1 aromatic carbocycles. The van der Waals surface area contributed by atoms with Crippen LogP contribution in [-0.4, -0.2) is 52.5 Å². The highest BCUT2D eigenvalue weighted by Crippen LogP contribution is 2.29. The molecule has 1 N–H and O–H groups in total. The van der Waals surface area contributed by atoms with Crippen LogP contribution in [0.5, 0.6) is 0 Å². The number of hydrogen-bond donors (Lipinski definition) is 1. The van der Waals surface area contributed by atoms with Gasteiger partial charge in [0, 0.05) is 37.6 Å². The van der Waals surface area contributed by atoms with E-state index >= 15 is 0 Å². The molecule has 2 aromatic rings. The van der Waals surface area contributed by atoms with E-state index in [-0.39, 0.29) is 6.10 Å². The van der Waals surface area contributed by atoms with E-state index in [4.69, 9.17) is 4.74 Å². The second-order valence-corrected chi connectivity index (χ2v) is 7.93. The number of nitrogens with zero attached hydrogens (tertiary/aromatic N) is 4. The molecule has 1 aromatic heterocycles. The number of ether oxygens (including phenoxy) is 1. The van der Waals surface area contributed by atoms with E-state index in [1.54, 1.807) is 0 Å². The first kappa shape index (κ1) is 18.4. The van der Waals surface area contributed by atoms with Gasteiger partial charge in [0.2, 0.25) is 0 Å². The summed E-state index contributed by atoms with van der Waals surface area (Å²) >= 11 is 0. The topological polar surface area (TPSA) is 63.4 Å². The molecule has 6 nitrogen and oxygen atoms in total. The first-order valence-electron chi connectivity index (χ1n) is 10.2. The van der Waals surface area contributed by atoms with Crippen LogP contribution in [0.1, 0.15) is 37.7 Å². The molecule has 27 heavy (non-hydrogen) atoms. The van der Waals surface area contributed by atoms with Gasteiger partial charge < -0.3 is 14.7 Å². The number of anilines is 1. The van der Waals surface area contributed by atoms with Gasteiger partial charge in [0.25, 0.3) is 0 Å². The van der Waals surface area contributed by atoms with Crippen molar-refractivity contribution in [3.63, 3.8) is 0 Å². The van der Waals surface area contributed by atoms with Gasteiger partial charge in [-0.05, 0) is 62.6 Å². The fourth-order valence-electron chi connectivity index (χ4n) is 4.18. The molecule has 2 saturated heterocycles. The molecule has 6 heteroatoms. The lowest BCUT2D eigenvalue weighted by Gasteiger charge is -2.33. The zero-order valence-corrected chi connectivity index (χ0v) is 16.2. The molecule has 2 fully saturated rings. The number of hydrogen-bond acceptors (Lipinski definition) is 5. The SMILES string of the molecule is Cc1cc(N2CCC(CO)CC2)ccc1-c1cn(CC2CCCCO2)nn1. The first-order valence-corrected chi connectivity index (χ1v) is 10.2. The summed E-state index contributed by atoms with van der Waals surface area (Å²) in [5, 5.41) is 18.0. The molecule has 3 heterocycles. The Morgan fingerprint density at radius 2 is 2.04 bits per heavy atom. The summed E-state index contributed by atoms with van der Waals surface area (Å²) in [4.78, 5) is 2.42. The monoisotopic (exact) mass is 370 g/mol. The fraction of sp³-hybridized carbons (Fsp3) is 0.619. The molecule has 146 valence electrons. The largest absolute Gasteiger partial charge is 0.396 e. The molecule has 0 spiro atoms. The molecule has 0 aliphatic carbocycles. The van der Waals surface area contributed by atoms with E-state index in [9.17, 15) is 5.11 Å². The third-order valence-corrected chi connectivity index (χ3v) is 5.93. The number of benzene rings is 1. The van der Waals surface area contributed by atoms with E-state index < -0.39 is 0 Å². The summed E-state index contributed by atoms with van der Waals surface area (Å²) < 4.78 is 7.72. The smallest absolute Gasteiger partial charge is 0.113 e. The van der Waals surface area contributed by atoms with E-state index in [1.165, 1.54) is 24.1 Å². The normalized spacial score (nSPS) is 21.6. The van der Waals surface area contributed by atoms with E-state index in [0.29, 0.717) is 12.5 Å². The van der Waals surface area contributed by atoms with Gasteiger partial charge in [-0.1, -0.05) is 11.3 Å². The standard InChI is InChI=1S/C21H30N4O2/c1-16-12-18(24-9-7-17(15-26)8-10-24)5-6-20(16)21-14-25(23-22-21)13-19-4-2-3-11-27-19/h5-6,12,14,17,19,26H,2-4,7-11,13,15H2,1H3. The van der Waals surface area contributed by atoms with Gasteiger partial charge in [-0.15, -0.1) is 5.10 Å². The highest BCUT2D eigenvalue weighted by Gasteiger charge is 2.20. The second-order valence-electron chi connectivity index (χ2n) is 7.93. The molecule has 0 amide bonds. The molecule has 0 saturated carbocycles. The van der Waals surface area contributed by atoms with Crippen LogP contribution in [0.2, 0.25) is 0 Å². The van der Waals surface area contributed by atoms with Crippen LogP contribution in [0.4, 0.5) is 5.69 Å². The predicted molar refractivity (Wildman–Crippen MR) is 106 cm³/mol. The molecule has 0 bridgehead atoms. The average Bonchev–Trinajstić information content (AvgIpc) is 3.17. The Labute approximate surface area is 161 Å². The zero-order valence-electron chi connectivity index (χ0n) is 16.2. The minimum atomic E-state index is 0.263. The highest BCUT2D eigenvalue weighted by atomic mass is 16.5. The summed E-state index contributed by atoms with van der Waals surface area (Å²) in [5.41, 5.74) is 4.54. The Hall–Kier alpha value is -1.92. The summed E-state index contributed by atoms with van der Waals surface area (Å²) in [6.45, 7) is 6.13. The maximum atomic E-state index is 9.32. The number of aromatic nitrogens is 3. The average molecular weight is 370 g/mol. The Morgan fingerprint density at radius 1 is 1.19 bits per heavy atom. The van der Waals surface area contributed by atoms with Gasteiger partial charge in [-0.2, -0.15) is 0 Å². The lowest BCUT2D eigenvalue weighted by molar-refractivity contribution is 0.00370. The van der Waals surface area contributed by atoms with Crippen LogP contribution in [-0.2, 0) is 11.3 Å². The Morgan fingerprint density at radius 3 is 2.74 bits per heavy atom. The van der Waals surface area contributed by atoms with Crippen molar-refractivity contribution < 1.29 is 9.84 Å². The number of aliphatic hydroxyl groups is 1. The van der Waals surface area contributed by atoms with Crippen molar-refractivity contribution in [2.75, 3.05) is 31.2 Å². The molecule has 1 unspecified atom stereocenters. The highest BCUT2D eigenvalue weighted by molar-refractivity contribution is 5.67. The van der Waals surface area contributed by atoms with Gasteiger partial charge in [-0.25, -0.2) is 4.68 Å². The van der Waals surface area contributed by atoms with Gasteiger partial charge in [-0.3, -0.25) is 0 Å². The van der Waals surface area contributed by atoms with Crippen molar-refractivity contribution in [3.05, 3.63) is 30.0 Å². The van der Waals surface area contributed by atoms with E-state index in [1.807, 2.05) is 10.9 Å². The zero-order chi connectivity index (χ0) is 18.6. The van der Waals surface area contributed by atoms with Crippen molar-refractivity contribution >= 4 is 5.69 Å². The van der Waals surface area contributed by atoms with Crippen molar-refractivity contribution in [1.29, 1.82) is 0 Å². The van der Waals surface area contributed by atoms with Crippen molar-refractivity contribution in [1.82, 2.24) is 15.0 Å². The van der Waals surface area contributed by atoms with Gasteiger partial charge in [0.05, 0.1) is 18.8 Å². The Bertz CT molecular complexity index is 746. The van der Waals surface area contributed by atoms with Crippen molar-refractivity contribution in [2.24, 2.45) is 5.92 Å². The maximum absolute atomic E-state index is 9.32. The van der Waals surface area contributed by atoms with Gasteiger partial charge >= 0.3 is 0 Å². The Balaban J connectivity index is 1.43. The minimum Gasteiger partial charge on any atom is -0.396 e. The van der Waals surface area contributed by atoms with E-state index in [2.05, 4.69) is 40.3 Å². The number of rotatable bonds is 5. The molecule has 4 rings (SSSR count). The maximum Gasteiger partial charge on any atom is 0.113 e. The molecule has 1 atom stereocenters. The minimum absolute atomic E-state index is 0.263. The lowest BCUT2D eigenvalue weighted by Crippen LogP contribution is -2.34. The Kier molecular flexibility index (Phi) is 5.74.